The molecule has 0 N–H and O–H groups in total. The Labute approximate surface area is 121 Å². The van der Waals surface area contributed by atoms with Crippen LogP contribution in [-0.4, -0.2) is 42.1 Å². The van der Waals surface area contributed by atoms with Gasteiger partial charge in [0.05, 0.1) is 12.2 Å². The Morgan fingerprint density at radius 1 is 1.06 bits per heavy atom. The van der Waals surface area contributed by atoms with E-state index in [-0.39, 0.29) is 0 Å². The Hall–Kier alpha value is 0.400. The van der Waals surface area contributed by atoms with E-state index in [0.717, 1.165) is 13.1 Å². The molecule has 2 nitrogen and oxygen atoms in total. The predicted octanol–water partition coefficient (Wildman–Crippen LogP) is 3.83. The Balaban J connectivity index is 1.95. The van der Waals surface area contributed by atoms with Gasteiger partial charge in [0, 0.05) is 25.0 Å². The summed E-state index contributed by atoms with van der Waals surface area (Å²) < 4.78 is 5.84. The molecule has 2 unspecified atom stereocenters. The van der Waals surface area contributed by atoms with Crippen LogP contribution in [0.4, 0.5) is 0 Å². The maximum absolute atomic E-state index is 5.84. The summed E-state index contributed by atoms with van der Waals surface area (Å²) in [6.07, 6.45) is 9.30. The van der Waals surface area contributed by atoms with Crippen molar-refractivity contribution in [3.8, 4) is 0 Å². The van der Waals surface area contributed by atoms with Crippen molar-refractivity contribution >= 4 is 15.9 Å². The molecule has 1 heterocycles. The maximum atomic E-state index is 5.84. The highest BCUT2D eigenvalue weighted by Gasteiger charge is 2.34. The second-order valence-electron chi connectivity index (χ2n) is 6.50. The molecule has 0 aromatic heterocycles. The molecule has 0 radical (unpaired) electrons. The van der Waals surface area contributed by atoms with Gasteiger partial charge in [-0.1, -0.05) is 41.6 Å². The smallest absolute Gasteiger partial charge is 0.0678 e. The van der Waals surface area contributed by atoms with Crippen LogP contribution in [0, 0.1) is 5.41 Å². The lowest BCUT2D eigenvalue weighted by Crippen LogP contribution is -2.50. The maximum Gasteiger partial charge on any atom is 0.0678 e. The molecule has 0 aromatic rings. The molecule has 0 spiro atoms. The number of hydrogen-bond acceptors (Lipinski definition) is 2. The largest absolute Gasteiger partial charge is 0.373 e. The van der Waals surface area contributed by atoms with Crippen molar-refractivity contribution in [3.05, 3.63) is 0 Å². The Kier molecular flexibility index (Phi) is 5.52. The van der Waals surface area contributed by atoms with Crippen LogP contribution in [0.25, 0.3) is 0 Å². The number of nitrogens with zero attached hydrogens (tertiary/aromatic N) is 1. The molecule has 1 aliphatic carbocycles. The van der Waals surface area contributed by atoms with Gasteiger partial charge in [-0.05, 0) is 32.1 Å². The molecule has 0 amide bonds. The van der Waals surface area contributed by atoms with E-state index in [4.69, 9.17) is 4.74 Å². The molecule has 2 atom stereocenters. The fourth-order valence-electron chi connectivity index (χ4n) is 3.70. The third-order valence-corrected chi connectivity index (χ3v) is 5.69. The lowest BCUT2D eigenvalue weighted by atomic mass is 9.81. The van der Waals surface area contributed by atoms with E-state index >= 15 is 0 Å². The van der Waals surface area contributed by atoms with E-state index in [2.05, 4.69) is 34.7 Å². The Morgan fingerprint density at radius 3 is 2.11 bits per heavy atom. The number of alkyl halides is 1. The SMILES string of the molecule is CC1CN(CC2(CBr)CCCCCC2)CC(C)O1. The average molecular weight is 318 g/mol. The fourth-order valence-corrected chi connectivity index (χ4v) is 4.44. The average Bonchev–Trinajstić information content (AvgIpc) is 2.54. The zero-order valence-corrected chi connectivity index (χ0v) is 13.5. The summed E-state index contributed by atoms with van der Waals surface area (Å²) >= 11 is 3.80. The number of morpholine rings is 1. The lowest BCUT2D eigenvalue weighted by Gasteiger charge is -2.42. The van der Waals surface area contributed by atoms with E-state index in [0.29, 0.717) is 17.6 Å². The van der Waals surface area contributed by atoms with Crippen LogP contribution in [0.1, 0.15) is 52.4 Å². The minimum Gasteiger partial charge on any atom is -0.373 e. The van der Waals surface area contributed by atoms with E-state index in [1.54, 1.807) is 0 Å². The van der Waals surface area contributed by atoms with Gasteiger partial charge in [0.25, 0.3) is 0 Å². The van der Waals surface area contributed by atoms with Crippen LogP contribution < -0.4 is 0 Å². The molecule has 3 heteroatoms. The minimum absolute atomic E-state index is 0.395. The summed E-state index contributed by atoms with van der Waals surface area (Å²) in [7, 11) is 0. The molecule has 18 heavy (non-hydrogen) atoms. The molecular formula is C15H28BrNO. The molecule has 1 saturated heterocycles. The van der Waals surface area contributed by atoms with Crippen molar-refractivity contribution in [1.29, 1.82) is 0 Å². The molecule has 1 aliphatic heterocycles. The highest BCUT2D eigenvalue weighted by atomic mass is 79.9. The van der Waals surface area contributed by atoms with Crippen molar-refractivity contribution in [1.82, 2.24) is 4.90 Å². The third kappa shape index (κ3) is 3.94. The van der Waals surface area contributed by atoms with Crippen LogP contribution in [0.2, 0.25) is 0 Å². The third-order valence-electron chi connectivity index (χ3n) is 4.50. The summed E-state index contributed by atoms with van der Waals surface area (Å²) in [5.41, 5.74) is 0.521. The van der Waals surface area contributed by atoms with Gasteiger partial charge in [-0.2, -0.15) is 0 Å². The second-order valence-corrected chi connectivity index (χ2v) is 7.06. The van der Waals surface area contributed by atoms with Crippen molar-refractivity contribution in [2.75, 3.05) is 25.0 Å². The van der Waals surface area contributed by atoms with Gasteiger partial charge >= 0.3 is 0 Å². The van der Waals surface area contributed by atoms with E-state index in [1.165, 1.54) is 50.4 Å². The highest BCUT2D eigenvalue weighted by molar-refractivity contribution is 9.09. The van der Waals surface area contributed by atoms with Crippen LogP contribution in [0.15, 0.2) is 0 Å². The van der Waals surface area contributed by atoms with Gasteiger partial charge in [-0.15, -0.1) is 0 Å². The van der Waals surface area contributed by atoms with Crippen molar-refractivity contribution in [2.24, 2.45) is 5.41 Å². The zero-order chi connectivity index (χ0) is 13.0. The van der Waals surface area contributed by atoms with Crippen molar-refractivity contribution in [3.63, 3.8) is 0 Å². The molecule has 106 valence electrons. The molecule has 0 bridgehead atoms. The van der Waals surface area contributed by atoms with Gasteiger partial charge in [0.15, 0.2) is 0 Å². The van der Waals surface area contributed by atoms with Gasteiger partial charge in [0.2, 0.25) is 0 Å². The van der Waals surface area contributed by atoms with Crippen molar-refractivity contribution in [2.45, 2.75) is 64.6 Å². The van der Waals surface area contributed by atoms with Crippen LogP contribution in [0.3, 0.4) is 0 Å². The minimum atomic E-state index is 0.395. The molecule has 2 fully saturated rings. The first-order valence-corrected chi connectivity index (χ1v) is 8.69. The van der Waals surface area contributed by atoms with Gasteiger partial charge in [-0.25, -0.2) is 0 Å². The van der Waals surface area contributed by atoms with Crippen LogP contribution in [-0.2, 0) is 4.74 Å². The summed E-state index contributed by atoms with van der Waals surface area (Å²) in [6, 6.07) is 0. The summed E-state index contributed by atoms with van der Waals surface area (Å²) in [5, 5.41) is 1.17. The Morgan fingerprint density at radius 2 is 1.61 bits per heavy atom. The highest BCUT2D eigenvalue weighted by Crippen LogP contribution is 2.38. The standard InChI is InChI=1S/C15H28BrNO/c1-13-9-17(10-14(2)18-13)12-15(11-16)7-5-3-4-6-8-15/h13-14H,3-12H2,1-2H3. The van der Waals surface area contributed by atoms with E-state index < -0.39 is 0 Å². The van der Waals surface area contributed by atoms with Crippen LogP contribution in [0.5, 0.6) is 0 Å². The van der Waals surface area contributed by atoms with Gasteiger partial charge < -0.3 is 4.74 Å². The topological polar surface area (TPSA) is 12.5 Å². The fraction of sp³-hybridized carbons (Fsp3) is 1.00. The first-order chi connectivity index (χ1) is 8.63. The predicted molar refractivity (Wildman–Crippen MR) is 80.4 cm³/mol. The molecule has 2 aliphatic rings. The molecule has 0 aromatic carbocycles. The Bertz CT molecular complexity index is 241. The molecular weight excluding hydrogens is 290 g/mol. The quantitative estimate of drug-likeness (QED) is 0.579. The number of ether oxygens (including phenoxy) is 1. The lowest BCUT2D eigenvalue weighted by molar-refractivity contribution is -0.0772. The van der Waals surface area contributed by atoms with Crippen LogP contribution >= 0.6 is 15.9 Å². The van der Waals surface area contributed by atoms with E-state index in [1.807, 2.05) is 0 Å². The van der Waals surface area contributed by atoms with Gasteiger partial charge in [-0.3, -0.25) is 4.90 Å². The van der Waals surface area contributed by atoms with E-state index in [9.17, 15) is 0 Å². The summed E-state index contributed by atoms with van der Waals surface area (Å²) in [6.45, 7) is 7.89. The normalized spacial score (nSPS) is 34.2. The molecule has 1 saturated carbocycles. The van der Waals surface area contributed by atoms with Gasteiger partial charge in [0.1, 0.15) is 0 Å². The zero-order valence-electron chi connectivity index (χ0n) is 12.0. The molecule has 2 rings (SSSR count). The summed E-state index contributed by atoms with van der Waals surface area (Å²) in [5.74, 6) is 0. The van der Waals surface area contributed by atoms with Crippen molar-refractivity contribution < 1.29 is 4.74 Å². The second kappa shape index (κ2) is 6.71. The number of halogens is 1. The first kappa shape index (κ1) is 14.8. The monoisotopic (exact) mass is 317 g/mol. The first-order valence-electron chi connectivity index (χ1n) is 7.57. The number of hydrogen-bond donors (Lipinski definition) is 0. The number of rotatable bonds is 3. The summed E-state index contributed by atoms with van der Waals surface area (Å²) in [4.78, 5) is 2.64.